The number of aromatic nitrogens is 2. The lowest BCUT2D eigenvalue weighted by Crippen LogP contribution is -2.35. The van der Waals surface area contributed by atoms with Crippen LogP contribution in [0.3, 0.4) is 0 Å². The van der Waals surface area contributed by atoms with E-state index in [9.17, 15) is 13.2 Å². The van der Waals surface area contributed by atoms with Crippen LogP contribution in [0.2, 0.25) is 0 Å². The standard InChI is InChI=1S/C10H16F3N3O2/c1-9(2,3)14-4-7-15-16-8(18-7)5-17-6-10(11,12)13/h14H,4-6H2,1-3H3. The van der Waals surface area contributed by atoms with Crippen molar-refractivity contribution in [2.75, 3.05) is 6.61 Å². The lowest BCUT2D eigenvalue weighted by Gasteiger charge is -2.18. The topological polar surface area (TPSA) is 60.2 Å². The van der Waals surface area contributed by atoms with E-state index in [4.69, 9.17) is 4.42 Å². The van der Waals surface area contributed by atoms with Crippen LogP contribution in [0, 0.1) is 0 Å². The fraction of sp³-hybridized carbons (Fsp3) is 0.800. The van der Waals surface area contributed by atoms with E-state index >= 15 is 0 Å². The monoisotopic (exact) mass is 267 g/mol. The number of halogens is 3. The number of hydrogen-bond donors (Lipinski definition) is 1. The number of ether oxygens (including phenoxy) is 1. The van der Waals surface area contributed by atoms with Gasteiger partial charge in [-0.25, -0.2) is 0 Å². The van der Waals surface area contributed by atoms with E-state index in [1.165, 1.54) is 0 Å². The number of rotatable bonds is 5. The third-order valence-corrected chi connectivity index (χ3v) is 1.77. The van der Waals surface area contributed by atoms with Crippen LogP contribution < -0.4 is 5.32 Å². The van der Waals surface area contributed by atoms with Crippen LogP contribution in [0.4, 0.5) is 13.2 Å². The van der Waals surface area contributed by atoms with Crippen LogP contribution in [-0.2, 0) is 17.9 Å². The van der Waals surface area contributed by atoms with E-state index < -0.39 is 12.8 Å². The molecule has 0 saturated heterocycles. The lowest BCUT2D eigenvalue weighted by atomic mass is 10.1. The van der Waals surface area contributed by atoms with Crippen molar-refractivity contribution >= 4 is 0 Å². The zero-order valence-corrected chi connectivity index (χ0v) is 10.5. The molecule has 0 unspecified atom stereocenters. The Bertz CT molecular complexity index is 371. The van der Waals surface area contributed by atoms with Gasteiger partial charge in [-0.2, -0.15) is 13.2 Å². The summed E-state index contributed by atoms with van der Waals surface area (Å²) in [7, 11) is 0. The molecule has 5 nitrogen and oxygen atoms in total. The molecule has 1 aromatic heterocycles. The largest absolute Gasteiger partial charge is 0.421 e. The summed E-state index contributed by atoms with van der Waals surface area (Å²) < 4.78 is 45.0. The Labute approximate surface area is 103 Å². The van der Waals surface area contributed by atoms with E-state index in [1.54, 1.807) is 0 Å². The molecule has 0 aliphatic heterocycles. The van der Waals surface area contributed by atoms with Crippen molar-refractivity contribution < 1.29 is 22.3 Å². The fourth-order valence-electron chi connectivity index (χ4n) is 1.01. The summed E-state index contributed by atoms with van der Waals surface area (Å²) >= 11 is 0. The first-order valence-electron chi connectivity index (χ1n) is 5.36. The Morgan fingerprint density at radius 2 is 1.78 bits per heavy atom. The van der Waals surface area contributed by atoms with Crippen molar-refractivity contribution in [3.8, 4) is 0 Å². The van der Waals surface area contributed by atoms with Crippen LogP contribution in [0.15, 0.2) is 4.42 Å². The van der Waals surface area contributed by atoms with Crippen LogP contribution in [0.25, 0.3) is 0 Å². The Morgan fingerprint density at radius 1 is 1.17 bits per heavy atom. The van der Waals surface area contributed by atoms with Gasteiger partial charge < -0.3 is 14.5 Å². The maximum absolute atomic E-state index is 11.8. The van der Waals surface area contributed by atoms with Gasteiger partial charge in [-0.15, -0.1) is 10.2 Å². The molecule has 0 bridgehead atoms. The first-order valence-corrected chi connectivity index (χ1v) is 5.36. The van der Waals surface area contributed by atoms with Crippen molar-refractivity contribution in [3.05, 3.63) is 11.8 Å². The van der Waals surface area contributed by atoms with Crippen LogP contribution in [0.5, 0.6) is 0 Å². The van der Waals surface area contributed by atoms with Gasteiger partial charge in [-0.3, -0.25) is 0 Å². The van der Waals surface area contributed by atoms with Crippen molar-refractivity contribution in [3.63, 3.8) is 0 Å². The minimum Gasteiger partial charge on any atom is -0.421 e. The summed E-state index contributed by atoms with van der Waals surface area (Å²) in [4.78, 5) is 0. The van der Waals surface area contributed by atoms with E-state index in [2.05, 4.69) is 20.3 Å². The average molecular weight is 267 g/mol. The molecule has 0 fully saturated rings. The normalized spacial score (nSPS) is 13.0. The third kappa shape index (κ3) is 6.55. The predicted octanol–water partition coefficient (Wildman–Crippen LogP) is 2.04. The predicted molar refractivity (Wildman–Crippen MR) is 56.6 cm³/mol. The minimum atomic E-state index is -4.35. The van der Waals surface area contributed by atoms with Gasteiger partial charge in [0.05, 0.1) is 6.54 Å². The second kappa shape index (κ2) is 5.66. The summed E-state index contributed by atoms with van der Waals surface area (Å²) in [6, 6.07) is 0. The van der Waals surface area contributed by atoms with Gasteiger partial charge in [0.25, 0.3) is 0 Å². The molecule has 0 aliphatic rings. The molecule has 0 spiro atoms. The Morgan fingerprint density at radius 3 is 2.33 bits per heavy atom. The molecule has 1 N–H and O–H groups in total. The molecule has 0 aliphatic carbocycles. The molecule has 1 heterocycles. The van der Waals surface area contributed by atoms with E-state index in [0.717, 1.165) is 0 Å². The highest BCUT2D eigenvalue weighted by Gasteiger charge is 2.27. The maximum atomic E-state index is 11.8. The second-order valence-electron chi connectivity index (χ2n) is 4.80. The van der Waals surface area contributed by atoms with Crippen molar-refractivity contribution in [2.45, 2.75) is 45.6 Å². The van der Waals surface area contributed by atoms with Gasteiger partial charge in [0, 0.05) is 5.54 Å². The second-order valence-corrected chi connectivity index (χ2v) is 4.80. The van der Waals surface area contributed by atoms with Crippen molar-refractivity contribution in [2.24, 2.45) is 0 Å². The average Bonchev–Trinajstić information content (AvgIpc) is 2.60. The third-order valence-electron chi connectivity index (χ3n) is 1.77. The molecule has 18 heavy (non-hydrogen) atoms. The Kier molecular flexibility index (Phi) is 4.69. The van der Waals surface area contributed by atoms with Crippen LogP contribution >= 0.6 is 0 Å². The van der Waals surface area contributed by atoms with Crippen LogP contribution in [-0.4, -0.2) is 28.5 Å². The SMILES string of the molecule is CC(C)(C)NCc1nnc(COCC(F)(F)F)o1. The zero-order valence-electron chi connectivity index (χ0n) is 10.5. The first-order chi connectivity index (χ1) is 8.16. The molecule has 8 heteroatoms. The highest BCUT2D eigenvalue weighted by atomic mass is 19.4. The van der Waals surface area contributed by atoms with Gasteiger partial charge in [0.2, 0.25) is 11.8 Å². The van der Waals surface area contributed by atoms with Gasteiger partial charge in [-0.1, -0.05) is 0 Å². The minimum absolute atomic E-state index is 0.0324. The summed E-state index contributed by atoms with van der Waals surface area (Å²) in [6.45, 7) is 4.59. The molecule has 0 atom stereocenters. The lowest BCUT2D eigenvalue weighted by molar-refractivity contribution is -0.177. The summed E-state index contributed by atoms with van der Waals surface area (Å²) in [5, 5.41) is 10.4. The molecule has 0 radical (unpaired) electrons. The zero-order chi connectivity index (χ0) is 13.8. The molecule has 0 amide bonds. The maximum Gasteiger partial charge on any atom is 0.411 e. The van der Waals surface area contributed by atoms with Gasteiger partial charge >= 0.3 is 6.18 Å². The molecular weight excluding hydrogens is 251 g/mol. The number of hydrogen-bond acceptors (Lipinski definition) is 5. The molecule has 104 valence electrons. The van der Waals surface area contributed by atoms with Gasteiger partial charge in [0.15, 0.2) is 0 Å². The smallest absolute Gasteiger partial charge is 0.411 e. The van der Waals surface area contributed by atoms with E-state index in [-0.39, 0.29) is 18.0 Å². The molecular formula is C10H16F3N3O2. The first kappa shape index (κ1) is 14.9. The molecule has 0 saturated carbocycles. The van der Waals surface area contributed by atoms with E-state index in [1.807, 2.05) is 20.8 Å². The number of alkyl halides is 3. The Balaban J connectivity index is 2.35. The molecule has 1 aromatic rings. The molecule has 0 aromatic carbocycles. The van der Waals surface area contributed by atoms with E-state index in [0.29, 0.717) is 12.4 Å². The highest BCUT2D eigenvalue weighted by molar-refractivity contribution is 4.82. The molecule has 1 rings (SSSR count). The number of nitrogens with zero attached hydrogens (tertiary/aromatic N) is 2. The fourth-order valence-corrected chi connectivity index (χ4v) is 1.01. The van der Waals surface area contributed by atoms with Gasteiger partial charge in [0.1, 0.15) is 13.2 Å². The van der Waals surface area contributed by atoms with Gasteiger partial charge in [-0.05, 0) is 20.8 Å². The summed E-state index contributed by atoms with van der Waals surface area (Å²) in [5.41, 5.74) is -0.110. The van der Waals surface area contributed by atoms with Crippen molar-refractivity contribution in [1.82, 2.24) is 15.5 Å². The highest BCUT2D eigenvalue weighted by Crippen LogP contribution is 2.15. The Hall–Kier alpha value is -1.15. The quantitative estimate of drug-likeness (QED) is 0.884. The summed E-state index contributed by atoms with van der Waals surface area (Å²) in [6.07, 6.45) is -4.35. The van der Waals surface area contributed by atoms with Crippen molar-refractivity contribution in [1.29, 1.82) is 0 Å². The number of nitrogens with one attached hydrogen (secondary N) is 1. The van der Waals surface area contributed by atoms with Crippen LogP contribution in [0.1, 0.15) is 32.6 Å². The summed E-state index contributed by atoms with van der Waals surface area (Å²) in [5.74, 6) is 0.348.